The summed E-state index contributed by atoms with van der Waals surface area (Å²) in [4.78, 5) is 39.3. The minimum absolute atomic E-state index is 0.0513. The Hall–Kier alpha value is -3.39. The van der Waals surface area contributed by atoms with Crippen LogP contribution in [0.25, 0.3) is 11.1 Å². The van der Waals surface area contributed by atoms with Crippen molar-refractivity contribution in [3.8, 4) is 11.1 Å². The minimum atomic E-state index is -1.42. The average Bonchev–Trinajstić information content (AvgIpc) is 3.20. The highest BCUT2D eigenvalue weighted by molar-refractivity contribution is 5.87. The maximum Gasteiger partial charge on any atom is 0.407 e. The number of carbonyl (C=O) groups excluding carboxylic acids is 2. The smallest absolute Gasteiger partial charge is 0.407 e. The number of alkyl carbamates (subject to hydrolysis) is 1. The summed E-state index contributed by atoms with van der Waals surface area (Å²) in [6.07, 6.45) is 1.28. The number of fused-ring (bicyclic) bond motifs is 3. The summed E-state index contributed by atoms with van der Waals surface area (Å²) >= 11 is 0. The predicted octanol–water partition coefficient (Wildman–Crippen LogP) is 3.79. The van der Waals surface area contributed by atoms with Gasteiger partial charge in [-0.2, -0.15) is 0 Å². The first-order valence-electron chi connectivity index (χ1n) is 12.1. The third kappa shape index (κ3) is 4.89. The molecule has 2 atom stereocenters. The van der Waals surface area contributed by atoms with E-state index in [1.807, 2.05) is 43.3 Å². The number of amides is 2. The second-order valence-electron chi connectivity index (χ2n) is 9.18. The highest BCUT2D eigenvalue weighted by Crippen LogP contribution is 2.44. The van der Waals surface area contributed by atoms with Crippen LogP contribution in [0.5, 0.6) is 0 Å². The van der Waals surface area contributed by atoms with Crippen molar-refractivity contribution >= 4 is 18.0 Å². The number of carbonyl (C=O) groups is 3. The van der Waals surface area contributed by atoms with Crippen LogP contribution in [0, 0.1) is 0 Å². The van der Waals surface area contributed by atoms with Crippen LogP contribution in [-0.4, -0.2) is 66.4 Å². The second-order valence-corrected chi connectivity index (χ2v) is 9.18. The van der Waals surface area contributed by atoms with Gasteiger partial charge in [-0.25, -0.2) is 9.59 Å². The maximum absolute atomic E-state index is 13.2. The van der Waals surface area contributed by atoms with Crippen LogP contribution in [0.4, 0.5) is 4.79 Å². The van der Waals surface area contributed by atoms with E-state index in [2.05, 4.69) is 17.4 Å². The van der Waals surface area contributed by atoms with Crippen molar-refractivity contribution < 1.29 is 29.0 Å². The van der Waals surface area contributed by atoms with Crippen molar-refractivity contribution in [1.29, 1.82) is 0 Å². The van der Waals surface area contributed by atoms with Gasteiger partial charge in [0.2, 0.25) is 5.91 Å². The standard InChI is InChI=1S/C27H32N2O6/c1-3-9-23(24(30)29-15-8-14-27(17-29,34-2)25(31)32)28-26(33)35-16-22-20-12-6-4-10-18(20)19-11-5-7-13-21(19)22/h4-7,10-13,22-23H,3,8-9,14-17H2,1-2H3,(H,28,33)(H,31,32)/t23-,27?/m1/s1. The number of carboxylic acids is 1. The van der Waals surface area contributed by atoms with Crippen LogP contribution in [0.3, 0.4) is 0 Å². The lowest BCUT2D eigenvalue weighted by Crippen LogP contribution is -2.59. The van der Waals surface area contributed by atoms with Crippen molar-refractivity contribution in [1.82, 2.24) is 10.2 Å². The first-order chi connectivity index (χ1) is 16.9. The van der Waals surface area contributed by atoms with Crippen molar-refractivity contribution in [3.05, 3.63) is 59.7 Å². The Kier molecular flexibility index (Phi) is 7.40. The molecule has 2 aromatic rings. The zero-order valence-corrected chi connectivity index (χ0v) is 20.2. The largest absolute Gasteiger partial charge is 0.479 e. The molecule has 2 N–H and O–H groups in total. The lowest BCUT2D eigenvalue weighted by Gasteiger charge is -2.40. The highest BCUT2D eigenvalue weighted by Gasteiger charge is 2.45. The first kappa shape index (κ1) is 24.7. The zero-order chi connectivity index (χ0) is 25.0. The first-order valence-corrected chi connectivity index (χ1v) is 12.1. The second kappa shape index (κ2) is 10.5. The van der Waals surface area contributed by atoms with Crippen molar-refractivity contribution in [2.45, 2.75) is 50.2 Å². The number of aliphatic carboxylic acids is 1. The van der Waals surface area contributed by atoms with Gasteiger partial charge in [-0.1, -0.05) is 61.9 Å². The monoisotopic (exact) mass is 480 g/mol. The van der Waals surface area contributed by atoms with Gasteiger partial charge in [0.25, 0.3) is 0 Å². The molecule has 8 nitrogen and oxygen atoms in total. The van der Waals surface area contributed by atoms with Crippen LogP contribution < -0.4 is 5.32 Å². The fraction of sp³-hybridized carbons (Fsp3) is 0.444. The Balaban J connectivity index is 1.42. The lowest BCUT2D eigenvalue weighted by atomic mass is 9.92. The van der Waals surface area contributed by atoms with E-state index >= 15 is 0 Å². The summed E-state index contributed by atoms with van der Waals surface area (Å²) < 4.78 is 10.9. The number of carboxylic acid groups (broad SMARTS) is 1. The predicted molar refractivity (Wildman–Crippen MR) is 130 cm³/mol. The van der Waals surface area contributed by atoms with Crippen LogP contribution in [0.1, 0.15) is 49.7 Å². The normalized spacial score (nSPS) is 20.0. The molecule has 4 rings (SSSR count). The molecule has 35 heavy (non-hydrogen) atoms. The molecule has 1 heterocycles. The van der Waals surface area contributed by atoms with Crippen LogP contribution in [0.2, 0.25) is 0 Å². The lowest BCUT2D eigenvalue weighted by molar-refractivity contribution is -0.171. The Bertz CT molecular complexity index is 1060. The Morgan fingerprint density at radius 3 is 2.31 bits per heavy atom. The Morgan fingerprint density at radius 2 is 1.74 bits per heavy atom. The van der Waals surface area contributed by atoms with E-state index in [4.69, 9.17) is 9.47 Å². The molecule has 0 radical (unpaired) electrons. The van der Waals surface area contributed by atoms with Gasteiger partial charge in [0, 0.05) is 19.6 Å². The van der Waals surface area contributed by atoms with Gasteiger partial charge in [0.1, 0.15) is 12.6 Å². The van der Waals surface area contributed by atoms with E-state index in [0.29, 0.717) is 32.2 Å². The molecule has 2 amide bonds. The summed E-state index contributed by atoms with van der Waals surface area (Å²) in [6, 6.07) is 15.4. The number of ether oxygens (including phenoxy) is 2. The van der Waals surface area contributed by atoms with Crippen LogP contribution >= 0.6 is 0 Å². The van der Waals surface area contributed by atoms with Crippen molar-refractivity contribution in [2.75, 3.05) is 26.8 Å². The molecule has 0 spiro atoms. The maximum atomic E-state index is 13.2. The fourth-order valence-electron chi connectivity index (χ4n) is 5.19. The summed E-state index contributed by atoms with van der Waals surface area (Å²) in [7, 11) is 1.35. The molecule has 2 aromatic carbocycles. The van der Waals surface area contributed by atoms with E-state index in [9.17, 15) is 19.5 Å². The molecule has 186 valence electrons. The molecule has 1 saturated heterocycles. The third-order valence-electron chi connectivity index (χ3n) is 7.06. The molecule has 2 aliphatic rings. The van der Waals surface area contributed by atoms with Crippen LogP contribution in [0.15, 0.2) is 48.5 Å². The molecular formula is C27H32N2O6. The number of benzene rings is 2. The molecule has 1 unspecified atom stereocenters. The Labute approximate surface area is 205 Å². The van der Waals surface area contributed by atoms with E-state index in [1.165, 1.54) is 12.0 Å². The van der Waals surface area contributed by atoms with Gasteiger partial charge < -0.3 is 24.8 Å². The number of likely N-dealkylation sites (tertiary alicyclic amines) is 1. The number of hydrogen-bond acceptors (Lipinski definition) is 5. The minimum Gasteiger partial charge on any atom is -0.479 e. The molecule has 1 aliphatic carbocycles. The Morgan fingerprint density at radius 1 is 1.11 bits per heavy atom. The van der Waals surface area contributed by atoms with Gasteiger partial charge in [-0.05, 0) is 41.5 Å². The molecular weight excluding hydrogens is 448 g/mol. The van der Waals surface area contributed by atoms with Gasteiger partial charge >= 0.3 is 12.1 Å². The van der Waals surface area contributed by atoms with Crippen LogP contribution in [-0.2, 0) is 19.1 Å². The SMILES string of the molecule is CCC[C@@H](NC(=O)OCC1c2ccccc2-c2ccccc21)C(=O)N1CCCC(OC)(C(=O)O)C1. The number of nitrogens with zero attached hydrogens (tertiary/aromatic N) is 1. The quantitative estimate of drug-likeness (QED) is 0.596. The van der Waals surface area contributed by atoms with Gasteiger partial charge in [-0.3, -0.25) is 4.79 Å². The molecule has 0 aromatic heterocycles. The average molecular weight is 481 g/mol. The van der Waals surface area contributed by atoms with Gasteiger partial charge in [0.15, 0.2) is 5.60 Å². The molecule has 8 heteroatoms. The summed E-state index contributed by atoms with van der Waals surface area (Å²) in [5.41, 5.74) is 3.08. The molecule has 0 saturated carbocycles. The topological polar surface area (TPSA) is 105 Å². The van der Waals surface area contributed by atoms with Crippen molar-refractivity contribution in [3.63, 3.8) is 0 Å². The van der Waals surface area contributed by atoms with Gasteiger partial charge in [-0.15, -0.1) is 0 Å². The number of nitrogens with one attached hydrogen (secondary N) is 1. The molecule has 1 fully saturated rings. The van der Waals surface area contributed by atoms with E-state index < -0.39 is 23.7 Å². The number of hydrogen-bond donors (Lipinski definition) is 2. The molecule has 1 aliphatic heterocycles. The van der Waals surface area contributed by atoms with E-state index in [0.717, 1.165) is 22.3 Å². The van der Waals surface area contributed by atoms with E-state index in [-0.39, 0.29) is 25.0 Å². The molecule has 0 bridgehead atoms. The number of piperidine rings is 1. The third-order valence-corrected chi connectivity index (χ3v) is 7.06. The van der Waals surface area contributed by atoms with Crippen molar-refractivity contribution in [2.24, 2.45) is 0 Å². The number of methoxy groups -OCH3 is 1. The summed E-state index contributed by atoms with van der Waals surface area (Å²) in [5.74, 6) is -1.48. The summed E-state index contributed by atoms with van der Waals surface area (Å²) in [6.45, 7) is 2.45. The highest BCUT2D eigenvalue weighted by atomic mass is 16.5. The summed E-state index contributed by atoms with van der Waals surface area (Å²) in [5, 5.41) is 12.4. The number of rotatable bonds is 8. The zero-order valence-electron chi connectivity index (χ0n) is 20.2. The fourth-order valence-corrected chi connectivity index (χ4v) is 5.19. The van der Waals surface area contributed by atoms with E-state index in [1.54, 1.807) is 0 Å². The van der Waals surface area contributed by atoms with Gasteiger partial charge in [0.05, 0.1) is 6.54 Å².